The topological polar surface area (TPSA) is 62.7 Å². The number of hydrogen-bond acceptors (Lipinski definition) is 3. The van der Waals surface area contributed by atoms with Crippen molar-refractivity contribution in [2.45, 2.75) is 6.92 Å². The third-order valence-corrected chi connectivity index (χ3v) is 1.62. The Bertz CT molecular complexity index is 304. The van der Waals surface area contributed by atoms with Crippen LogP contribution in [-0.4, -0.2) is 4.98 Å². The van der Waals surface area contributed by atoms with E-state index in [4.69, 9.17) is 22.6 Å². The molecule has 1 aromatic heterocycles. The molecule has 0 fully saturated rings. The Morgan fingerprint density at radius 3 is 2.82 bits per heavy atom. The average molecular weight is 168 g/mol. The molecule has 0 aromatic carbocycles. The fraction of sp³-hybridized carbons (Fsp3) is 0.143. The lowest BCUT2D eigenvalue weighted by Crippen LogP contribution is -1.95. The van der Waals surface area contributed by atoms with Gasteiger partial charge in [-0.15, -0.1) is 0 Å². The zero-order valence-corrected chi connectivity index (χ0v) is 6.68. The van der Waals surface area contributed by atoms with Gasteiger partial charge in [-0.05, 0) is 18.6 Å². The molecule has 3 nitrogen and oxygen atoms in total. The number of nitrogens with two attached hydrogens (primary N) is 1. The molecule has 56 valence electrons. The molecule has 0 bridgehead atoms. The van der Waals surface area contributed by atoms with Gasteiger partial charge in [-0.25, -0.2) is 4.98 Å². The van der Waals surface area contributed by atoms with E-state index in [0.29, 0.717) is 11.4 Å². The third-order valence-electron chi connectivity index (χ3n) is 1.33. The smallest absolute Gasteiger partial charge is 0.153 e. The lowest BCUT2D eigenvalue weighted by atomic mass is 10.2. The molecular formula is C7H6ClN3. The van der Waals surface area contributed by atoms with Crippen LogP contribution in [0.15, 0.2) is 6.07 Å². The Kier molecular flexibility index (Phi) is 1.97. The number of pyridine rings is 1. The first-order chi connectivity index (χ1) is 5.15. The summed E-state index contributed by atoms with van der Waals surface area (Å²) in [6.45, 7) is 1.78. The average Bonchev–Trinajstić information content (AvgIpc) is 1.99. The van der Waals surface area contributed by atoms with Crippen molar-refractivity contribution in [3.05, 3.63) is 22.5 Å². The lowest BCUT2D eigenvalue weighted by Gasteiger charge is -2.00. The van der Waals surface area contributed by atoms with Gasteiger partial charge in [-0.1, -0.05) is 11.6 Å². The van der Waals surface area contributed by atoms with Gasteiger partial charge in [0.25, 0.3) is 0 Å². The summed E-state index contributed by atoms with van der Waals surface area (Å²) in [6.07, 6.45) is 0. The molecule has 0 aliphatic rings. The fourth-order valence-electron chi connectivity index (χ4n) is 0.701. The summed E-state index contributed by atoms with van der Waals surface area (Å²) >= 11 is 5.61. The van der Waals surface area contributed by atoms with Gasteiger partial charge in [0.15, 0.2) is 5.15 Å². The number of aryl methyl sites for hydroxylation is 1. The highest BCUT2D eigenvalue weighted by molar-refractivity contribution is 6.32. The maximum absolute atomic E-state index is 8.47. The Morgan fingerprint density at radius 1 is 1.73 bits per heavy atom. The number of nitrogens with zero attached hydrogens (tertiary/aromatic N) is 2. The Labute approximate surface area is 69.4 Å². The quantitative estimate of drug-likeness (QED) is 0.596. The number of aromatic nitrogens is 1. The van der Waals surface area contributed by atoms with Crippen LogP contribution in [0.25, 0.3) is 0 Å². The van der Waals surface area contributed by atoms with E-state index in [1.54, 1.807) is 13.0 Å². The molecule has 0 spiro atoms. The molecule has 0 atom stereocenters. The van der Waals surface area contributed by atoms with Crippen LogP contribution < -0.4 is 5.73 Å². The van der Waals surface area contributed by atoms with E-state index >= 15 is 0 Å². The summed E-state index contributed by atoms with van der Waals surface area (Å²) in [4.78, 5) is 3.73. The molecule has 0 aliphatic carbocycles. The molecule has 0 aliphatic heterocycles. The summed E-state index contributed by atoms with van der Waals surface area (Å²) in [7, 11) is 0. The number of rotatable bonds is 0. The summed E-state index contributed by atoms with van der Waals surface area (Å²) in [6, 6.07) is 3.48. The molecule has 0 amide bonds. The maximum Gasteiger partial charge on any atom is 0.153 e. The van der Waals surface area contributed by atoms with E-state index in [1.807, 2.05) is 6.07 Å². The second-order valence-corrected chi connectivity index (χ2v) is 2.50. The van der Waals surface area contributed by atoms with Crippen LogP contribution >= 0.6 is 11.6 Å². The minimum absolute atomic E-state index is 0.196. The maximum atomic E-state index is 8.47. The van der Waals surface area contributed by atoms with Crippen LogP contribution in [0.1, 0.15) is 11.3 Å². The van der Waals surface area contributed by atoms with Crippen molar-refractivity contribution < 1.29 is 0 Å². The van der Waals surface area contributed by atoms with Crippen molar-refractivity contribution >= 4 is 17.3 Å². The van der Waals surface area contributed by atoms with E-state index in [2.05, 4.69) is 4.98 Å². The molecule has 1 heterocycles. The molecule has 1 aromatic rings. The lowest BCUT2D eigenvalue weighted by molar-refractivity contribution is 1.24. The van der Waals surface area contributed by atoms with Crippen LogP contribution in [0.4, 0.5) is 5.69 Å². The van der Waals surface area contributed by atoms with Crippen LogP contribution in [0.2, 0.25) is 5.15 Å². The number of nitriles is 1. The van der Waals surface area contributed by atoms with Gasteiger partial charge >= 0.3 is 0 Å². The van der Waals surface area contributed by atoms with Crippen LogP contribution in [-0.2, 0) is 0 Å². The van der Waals surface area contributed by atoms with Crippen LogP contribution in [0, 0.1) is 18.3 Å². The van der Waals surface area contributed by atoms with Crippen molar-refractivity contribution in [3.8, 4) is 6.07 Å². The van der Waals surface area contributed by atoms with E-state index in [1.165, 1.54) is 0 Å². The van der Waals surface area contributed by atoms with Gasteiger partial charge in [0, 0.05) is 0 Å². The second-order valence-electron chi connectivity index (χ2n) is 2.14. The largest absolute Gasteiger partial charge is 0.396 e. The molecule has 0 saturated carbocycles. The van der Waals surface area contributed by atoms with Crippen LogP contribution in [0.3, 0.4) is 0 Å². The van der Waals surface area contributed by atoms with Gasteiger partial charge < -0.3 is 5.73 Å². The standard InChI is InChI=1S/C7H6ClN3/c1-4-2-5(3-9)11-7(8)6(4)10/h2H,10H2,1H3. The number of halogens is 1. The van der Waals surface area contributed by atoms with E-state index < -0.39 is 0 Å². The Balaban J connectivity index is 3.35. The van der Waals surface area contributed by atoms with Crippen LogP contribution in [0.5, 0.6) is 0 Å². The number of anilines is 1. The van der Waals surface area contributed by atoms with Crippen molar-refractivity contribution in [1.29, 1.82) is 5.26 Å². The fourth-order valence-corrected chi connectivity index (χ4v) is 0.941. The van der Waals surface area contributed by atoms with Gasteiger partial charge in [0.2, 0.25) is 0 Å². The second kappa shape index (κ2) is 2.77. The number of hydrogen-bond donors (Lipinski definition) is 1. The Hall–Kier alpha value is -1.27. The molecule has 2 N–H and O–H groups in total. The highest BCUT2D eigenvalue weighted by Gasteiger charge is 2.03. The normalized spacial score (nSPS) is 9.18. The summed E-state index contributed by atoms with van der Waals surface area (Å²) in [5, 5.41) is 8.66. The van der Waals surface area contributed by atoms with Gasteiger partial charge in [0.1, 0.15) is 11.8 Å². The SMILES string of the molecule is Cc1cc(C#N)nc(Cl)c1N. The molecule has 0 saturated heterocycles. The minimum atomic E-state index is 0.196. The molecule has 11 heavy (non-hydrogen) atoms. The summed E-state index contributed by atoms with van der Waals surface area (Å²) < 4.78 is 0. The van der Waals surface area contributed by atoms with Gasteiger partial charge in [-0.2, -0.15) is 5.26 Å². The molecule has 0 radical (unpaired) electrons. The van der Waals surface area contributed by atoms with E-state index in [9.17, 15) is 0 Å². The third kappa shape index (κ3) is 1.41. The highest BCUT2D eigenvalue weighted by Crippen LogP contribution is 2.20. The Morgan fingerprint density at radius 2 is 2.36 bits per heavy atom. The predicted octanol–water partition coefficient (Wildman–Crippen LogP) is 1.50. The molecule has 4 heteroatoms. The van der Waals surface area contributed by atoms with E-state index in [-0.39, 0.29) is 5.15 Å². The van der Waals surface area contributed by atoms with Gasteiger partial charge in [-0.3, -0.25) is 0 Å². The van der Waals surface area contributed by atoms with E-state index in [0.717, 1.165) is 5.56 Å². The summed E-state index contributed by atoms with van der Waals surface area (Å²) in [5.41, 5.74) is 7.01. The highest BCUT2D eigenvalue weighted by atomic mass is 35.5. The summed E-state index contributed by atoms with van der Waals surface area (Å²) in [5.74, 6) is 0. The van der Waals surface area contributed by atoms with Crippen molar-refractivity contribution in [3.63, 3.8) is 0 Å². The minimum Gasteiger partial charge on any atom is -0.396 e. The zero-order chi connectivity index (χ0) is 8.43. The van der Waals surface area contributed by atoms with Crippen molar-refractivity contribution in [2.24, 2.45) is 0 Å². The first kappa shape index (κ1) is 7.83. The van der Waals surface area contributed by atoms with Gasteiger partial charge in [0.05, 0.1) is 5.69 Å². The first-order valence-electron chi connectivity index (χ1n) is 2.98. The predicted molar refractivity (Wildman–Crippen MR) is 43.1 cm³/mol. The molecule has 0 unspecified atom stereocenters. The number of nitrogen functional groups attached to an aromatic ring is 1. The van der Waals surface area contributed by atoms with Crippen molar-refractivity contribution in [2.75, 3.05) is 5.73 Å². The monoisotopic (exact) mass is 167 g/mol. The zero-order valence-electron chi connectivity index (χ0n) is 5.93. The first-order valence-corrected chi connectivity index (χ1v) is 3.35. The molecular weight excluding hydrogens is 162 g/mol. The molecule has 1 rings (SSSR count). The van der Waals surface area contributed by atoms with Crippen molar-refractivity contribution in [1.82, 2.24) is 4.98 Å².